The fourth-order valence-electron chi connectivity index (χ4n) is 1.72. The molecule has 0 aliphatic heterocycles. The summed E-state index contributed by atoms with van der Waals surface area (Å²) >= 11 is 0. The fourth-order valence-corrected chi connectivity index (χ4v) is 1.72. The van der Waals surface area contributed by atoms with Gasteiger partial charge in [-0.1, -0.05) is 6.07 Å². The number of nitrogens with one attached hydrogen (secondary N) is 1. The fraction of sp³-hybridized carbons (Fsp3) is 0.250. The second kappa shape index (κ2) is 4.17. The number of carbonyl (C=O) groups is 1. The van der Waals surface area contributed by atoms with Crippen LogP contribution in [0.25, 0.3) is 10.9 Å². The molecule has 0 fully saturated rings. The van der Waals surface area contributed by atoms with E-state index in [1.54, 1.807) is 0 Å². The first-order valence-corrected chi connectivity index (χ1v) is 5.02. The van der Waals surface area contributed by atoms with Crippen LogP contribution in [0.5, 0.6) is 0 Å². The second-order valence-corrected chi connectivity index (χ2v) is 3.61. The third-order valence-corrected chi connectivity index (χ3v) is 2.48. The van der Waals surface area contributed by atoms with E-state index in [0.29, 0.717) is 6.42 Å². The molecule has 1 heterocycles. The number of H-pyrrole nitrogens is 1. The number of amides is 1. The summed E-state index contributed by atoms with van der Waals surface area (Å²) in [7, 11) is 0. The lowest BCUT2D eigenvalue weighted by molar-refractivity contribution is -0.118. The maximum atomic E-state index is 10.6. The van der Waals surface area contributed by atoms with E-state index >= 15 is 0 Å². The number of aryl methyl sites for hydroxylation is 1. The van der Waals surface area contributed by atoms with Crippen LogP contribution in [0, 0.1) is 6.07 Å². The van der Waals surface area contributed by atoms with Gasteiger partial charge in [-0.15, -0.1) is 0 Å². The highest BCUT2D eigenvalue weighted by Crippen LogP contribution is 2.18. The van der Waals surface area contributed by atoms with Gasteiger partial charge in [0.1, 0.15) is 0 Å². The maximum absolute atomic E-state index is 10.6. The number of aromatic nitrogens is 1. The van der Waals surface area contributed by atoms with Crippen LogP contribution in [0.1, 0.15) is 18.4 Å². The van der Waals surface area contributed by atoms with E-state index in [1.807, 2.05) is 24.4 Å². The Kier molecular flexibility index (Phi) is 2.72. The molecule has 0 unspecified atom stereocenters. The Hall–Kier alpha value is -1.77. The SMILES string of the molecule is NC(=O)CCCc1c[nH]c2cc[c]cc12. The predicted octanol–water partition coefficient (Wildman–Crippen LogP) is 1.78. The molecule has 1 aromatic heterocycles. The lowest BCUT2D eigenvalue weighted by Crippen LogP contribution is -2.10. The number of benzene rings is 1. The summed E-state index contributed by atoms with van der Waals surface area (Å²) in [5, 5.41) is 1.18. The van der Waals surface area contributed by atoms with Crippen molar-refractivity contribution in [3.8, 4) is 0 Å². The number of rotatable bonds is 4. The average molecular weight is 201 g/mol. The molecule has 0 saturated heterocycles. The van der Waals surface area contributed by atoms with Crippen molar-refractivity contribution < 1.29 is 4.79 Å². The molecule has 3 nitrogen and oxygen atoms in total. The first-order valence-electron chi connectivity index (χ1n) is 5.02. The standard InChI is InChI=1S/C12H13N2O/c13-12(15)7-3-4-9-8-14-11-6-2-1-5-10(9)11/h2,5-6,8,14H,3-4,7H2,(H2,13,15). The number of fused-ring (bicyclic) bond motifs is 1. The van der Waals surface area contributed by atoms with E-state index < -0.39 is 0 Å². The van der Waals surface area contributed by atoms with Crippen LogP contribution in [0.15, 0.2) is 24.4 Å². The second-order valence-electron chi connectivity index (χ2n) is 3.61. The van der Waals surface area contributed by atoms with Crippen LogP contribution in [-0.2, 0) is 11.2 Å². The van der Waals surface area contributed by atoms with Crippen molar-refractivity contribution in [1.29, 1.82) is 0 Å². The van der Waals surface area contributed by atoms with Crippen molar-refractivity contribution in [3.05, 3.63) is 36.0 Å². The minimum Gasteiger partial charge on any atom is -0.370 e. The minimum atomic E-state index is -0.235. The Morgan fingerprint density at radius 3 is 3.20 bits per heavy atom. The van der Waals surface area contributed by atoms with Crippen LogP contribution < -0.4 is 5.73 Å². The number of hydrogen-bond acceptors (Lipinski definition) is 1. The predicted molar refractivity (Wildman–Crippen MR) is 59.3 cm³/mol. The summed E-state index contributed by atoms with van der Waals surface area (Å²) in [5.41, 5.74) is 7.43. The average Bonchev–Trinajstić information content (AvgIpc) is 2.62. The van der Waals surface area contributed by atoms with Crippen LogP contribution in [-0.4, -0.2) is 10.9 Å². The molecule has 77 valence electrons. The monoisotopic (exact) mass is 201 g/mol. The Morgan fingerprint density at radius 2 is 2.40 bits per heavy atom. The number of aromatic amines is 1. The van der Waals surface area contributed by atoms with Gasteiger partial charge in [0.2, 0.25) is 5.91 Å². The first-order chi connectivity index (χ1) is 7.27. The molecule has 1 radical (unpaired) electrons. The summed E-state index contributed by atoms with van der Waals surface area (Å²) in [6.07, 6.45) is 4.11. The lowest BCUT2D eigenvalue weighted by Gasteiger charge is -1.97. The van der Waals surface area contributed by atoms with Gasteiger partial charge in [0.15, 0.2) is 0 Å². The van der Waals surface area contributed by atoms with Gasteiger partial charge in [-0.2, -0.15) is 0 Å². The van der Waals surface area contributed by atoms with Crippen LogP contribution in [0.2, 0.25) is 0 Å². The molecular formula is C12H13N2O. The summed E-state index contributed by atoms with van der Waals surface area (Å²) in [6.45, 7) is 0. The van der Waals surface area contributed by atoms with Crippen molar-refractivity contribution >= 4 is 16.8 Å². The Morgan fingerprint density at radius 1 is 1.53 bits per heavy atom. The number of hydrogen-bond donors (Lipinski definition) is 2. The van der Waals surface area contributed by atoms with Crippen molar-refractivity contribution in [1.82, 2.24) is 4.98 Å². The van der Waals surface area contributed by atoms with E-state index in [2.05, 4.69) is 11.1 Å². The Bertz CT molecular complexity index is 473. The van der Waals surface area contributed by atoms with Crippen LogP contribution >= 0.6 is 0 Å². The van der Waals surface area contributed by atoms with E-state index in [4.69, 9.17) is 5.73 Å². The van der Waals surface area contributed by atoms with E-state index in [1.165, 1.54) is 10.9 Å². The van der Waals surface area contributed by atoms with Crippen LogP contribution in [0.4, 0.5) is 0 Å². The van der Waals surface area contributed by atoms with Gasteiger partial charge in [0.05, 0.1) is 0 Å². The van der Waals surface area contributed by atoms with Crippen molar-refractivity contribution in [2.45, 2.75) is 19.3 Å². The van der Waals surface area contributed by atoms with Gasteiger partial charge < -0.3 is 10.7 Å². The zero-order valence-electron chi connectivity index (χ0n) is 8.42. The zero-order valence-corrected chi connectivity index (χ0v) is 8.42. The molecule has 0 bridgehead atoms. The third-order valence-electron chi connectivity index (χ3n) is 2.48. The maximum Gasteiger partial charge on any atom is 0.217 e. The van der Waals surface area contributed by atoms with E-state index in [9.17, 15) is 4.79 Å². The van der Waals surface area contributed by atoms with Gasteiger partial charge in [-0.3, -0.25) is 4.79 Å². The quantitative estimate of drug-likeness (QED) is 0.778. The summed E-state index contributed by atoms with van der Waals surface area (Å²) in [4.78, 5) is 13.8. The molecule has 15 heavy (non-hydrogen) atoms. The molecule has 0 aliphatic carbocycles. The topological polar surface area (TPSA) is 58.9 Å². The van der Waals surface area contributed by atoms with Crippen molar-refractivity contribution in [3.63, 3.8) is 0 Å². The summed E-state index contributed by atoms with van der Waals surface area (Å²) in [6, 6.07) is 8.89. The molecule has 0 saturated carbocycles. The minimum absolute atomic E-state index is 0.235. The highest BCUT2D eigenvalue weighted by Gasteiger charge is 2.03. The third kappa shape index (κ3) is 2.18. The summed E-state index contributed by atoms with van der Waals surface area (Å²) in [5.74, 6) is -0.235. The Labute approximate surface area is 88.3 Å². The number of primary amides is 1. The highest BCUT2D eigenvalue weighted by atomic mass is 16.1. The van der Waals surface area contributed by atoms with Crippen molar-refractivity contribution in [2.24, 2.45) is 5.73 Å². The zero-order chi connectivity index (χ0) is 10.7. The highest BCUT2D eigenvalue weighted by molar-refractivity contribution is 5.83. The van der Waals surface area contributed by atoms with E-state index in [-0.39, 0.29) is 5.91 Å². The van der Waals surface area contributed by atoms with Gasteiger partial charge in [0, 0.05) is 23.5 Å². The molecule has 2 rings (SSSR count). The van der Waals surface area contributed by atoms with Gasteiger partial charge in [-0.25, -0.2) is 0 Å². The number of carbonyl (C=O) groups excluding carboxylic acids is 1. The number of nitrogens with two attached hydrogens (primary N) is 1. The lowest BCUT2D eigenvalue weighted by atomic mass is 10.1. The van der Waals surface area contributed by atoms with Crippen molar-refractivity contribution in [2.75, 3.05) is 0 Å². The molecule has 2 aromatic rings. The summed E-state index contributed by atoms with van der Waals surface area (Å²) < 4.78 is 0. The largest absolute Gasteiger partial charge is 0.370 e. The molecule has 3 heteroatoms. The first kappa shape index (κ1) is 9.77. The molecule has 0 spiro atoms. The van der Waals surface area contributed by atoms with Gasteiger partial charge in [0.25, 0.3) is 0 Å². The smallest absolute Gasteiger partial charge is 0.217 e. The molecule has 0 aliphatic rings. The molecular weight excluding hydrogens is 188 g/mol. The normalized spacial score (nSPS) is 10.7. The van der Waals surface area contributed by atoms with Crippen LogP contribution in [0.3, 0.4) is 0 Å². The molecule has 1 amide bonds. The van der Waals surface area contributed by atoms with Gasteiger partial charge >= 0.3 is 0 Å². The van der Waals surface area contributed by atoms with E-state index in [0.717, 1.165) is 18.4 Å². The molecule has 0 atom stereocenters. The molecule has 3 N–H and O–H groups in total. The Balaban J connectivity index is 2.11. The van der Waals surface area contributed by atoms with Gasteiger partial charge in [-0.05, 0) is 36.6 Å². The molecule has 1 aromatic carbocycles.